The molecule has 1 unspecified atom stereocenters. The van der Waals surface area contributed by atoms with Crippen molar-refractivity contribution in [2.24, 2.45) is 0 Å². The molecule has 3 heterocycles. The molecular weight excluding hydrogens is 386 g/mol. The van der Waals surface area contributed by atoms with Crippen molar-refractivity contribution in [3.05, 3.63) is 53.9 Å². The quantitative estimate of drug-likeness (QED) is 0.645. The Morgan fingerprint density at radius 2 is 1.80 bits per heavy atom. The zero-order chi connectivity index (χ0) is 21.4. The predicted molar refractivity (Wildman–Crippen MR) is 110 cm³/mol. The van der Waals surface area contributed by atoms with E-state index in [9.17, 15) is 9.59 Å². The third kappa shape index (κ3) is 3.14. The van der Waals surface area contributed by atoms with E-state index in [4.69, 9.17) is 15.2 Å². The van der Waals surface area contributed by atoms with Crippen LogP contribution in [0.25, 0.3) is 5.82 Å². The summed E-state index contributed by atoms with van der Waals surface area (Å²) in [5, 5.41) is 4.44. The Morgan fingerprint density at radius 3 is 2.40 bits per heavy atom. The molecule has 9 nitrogen and oxygen atoms in total. The Kier molecular flexibility index (Phi) is 4.86. The van der Waals surface area contributed by atoms with Gasteiger partial charge in [0.2, 0.25) is 11.8 Å². The highest BCUT2D eigenvalue weighted by Crippen LogP contribution is 2.39. The topological polar surface area (TPSA) is 113 Å². The second-order valence-corrected chi connectivity index (χ2v) is 6.88. The van der Waals surface area contributed by atoms with Crippen LogP contribution in [0.3, 0.4) is 0 Å². The molecule has 1 aliphatic heterocycles. The van der Waals surface area contributed by atoms with E-state index in [-0.39, 0.29) is 18.2 Å². The van der Waals surface area contributed by atoms with Gasteiger partial charge in [0.15, 0.2) is 5.82 Å². The average molecular weight is 407 g/mol. The monoisotopic (exact) mass is 407 g/mol. The van der Waals surface area contributed by atoms with Crippen molar-refractivity contribution in [2.75, 3.05) is 24.9 Å². The Bertz CT molecular complexity index is 1100. The predicted octanol–water partition coefficient (Wildman–Crippen LogP) is 2.22. The zero-order valence-corrected chi connectivity index (χ0v) is 16.8. The number of aryl methyl sites for hydroxylation is 1. The van der Waals surface area contributed by atoms with E-state index in [1.165, 1.54) is 18.9 Å². The molecule has 1 atom stereocenters. The van der Waals surface area contributed by atoms with Gasteiger partial charge in [0.1, 0.15) is 17.3 Å². The molecule has 2 aromatic heterocycles. The number of nitrogen functional groups attached to an aromatic ring is 1. The number of rotatable bonds is 5. The third-order valence-electron chi connectivity index (χ3n) is 5.10. The summed E-state index contributed by atoms with van der Waals surface area (Å²) in [6.45, 7) is 1.76. The van der Waals surface area contributed by atoms with E-state index < -0.39 is 5.92 Å². The number of ether oxygens (including phenoxy) is 2. The second kappa shape index (κ2) is 7.51. The second-order valence-electron chi connectivity index (χ2n) is 6.88. The first-order valence-corrected chi connectivity index (χ1v) is 9.30. The maximum atomic E-state index is 13.3. The normalized spacial score (nSPS) is 16.2. The first-order chi connectivity index (χ1) is 14.4. The van der Waals surface area contributed by atoms with Crippen molar-refractivity contribution < 1.29 is 19.1 Å². The molecule has 1 aliphatic rings. The molecule has 0 spiro atoms. The zero-order valence-electron chi connectivity index (χ0n) is 16.8. The molecule has 9 heteroatoms. The van der Waals surface area contributed by atoms with Gasteiger partial charge in [-0.15, -0.1) is 0 Å². The summed E-state index contributed by atoms with van der Waals surface area (Å²) >= 11 is 0. The maximum absolute atomic E-state index is 13.3. The van der Waals surface area contributed by atoms with Gasteiger partial charge in [-0.3, -0.25) is 9.59 Å². The molecule has 2 N–H and O–H groups in total. The summed E-state index contributed by atoms with van der Waals surface area (Å²) in [6.07, 6.45) is 1.63. The SMILES string of the molecule is COc1cc(OC)cc(N2C(=O)CC(c3c(C)nn(-c4ccccn4)c3N)C2=O)c1. The van der Waals surface area contributed by atoms with E-state index in [1.807, 2.05) is 6.07 Å². The fourth-order valence-corrected chi connectivity index (χ4v) is 3.69. The van der Waals surface area contributed by atoms with Crippen molar-refractivity contribution in [1.82, 2.24) is 14.8 Å². The van der Waals surface area contributed by atoms with Crippen molar-refractivity contribution in [1.29, 1.82) is 0 Å². The van der Waals surface area contributed by atoms with Gasteiger partial charge in [-0.05, 0) is 19.1 Å². The average Bonchev–Trinajstić information content (AvgIpc) is 3.22. The number of hydrogen-bond acceptors (Lipinski definition) is 7. The van der Waals surface area contributed by atoms with Crippen LogP contribution in [-0.2, 0) is 9.59 Å². The fraction of sp³-hybridized carbons (Fsp3) is 0.238. The summed E-state index contributed by atoms with van der Waals surface area (Å²) in [5.74, 6) is 0.361. The number of hydrogen-bond donors (Lipinski definition) is 1. The lowest BCUT2D eigenvalue weighted by Crippen LogP contribution is -2.30. The van der Waals surface area contributed by atoms with Gasteiger partial charge in [-0.25, -0.2) is 9.88 Å². The third-order valence-corrected chi connectivity index (χ3v) is 5.10. The lowest BCUT2D eigenvalue weighted by atomic mass is 9.97. The van der Waals surface area contributed by atoms with E-state index in [0.717, 1.165) is 4.90 Å². The molecule has 1 saturated heterocycles. The number of carbonyl (C=O) groups is 2. The number of methoxy groups -OCH3 is 2. The largest absolute Gasteiger partial charge is 0.497 e. The molecule has 1 fully saturated rings. The highest BCUT2D eigenvalue weighted by molar-refractivity contribution is 6.23. The molecule has 0 radical (unpaired) electrons. The van der Waals surface area contributed by atoms with E-state index in [1.54, 1.807) is 43.5 Å². The molecule has 154 valence electrons. The van der Waals surface area contributed by atoms with E-state index >= 15 is 0 Å². The standard InChI is InChI=1S/C21H21N5O4/c1-12-19(20(22)26(24-12)17-6-4-5-7-23-17)16-11-18(27)25(21(16)28)13-8-14(29-2)10-15(9-13)30-3/h4-10,16H,11,22H2,1-3H3. The number of anilines is 2. The highest BCUT2D eigenvalue weighted by atomic mass is 16.5. The van der Waals surface area contributed by atoms with Gasteiger partial charge >= 0.3 is 0 Å². The smallest absolute Gasteiger partial charge is 0.242 e. The van der Waals surface area contributed by atoms with Gasteiger partial charge in [-0.2, -0.15) is 9.78 Å². The first-order valence-electron chi connectivity index (χ1n) is 9.30. The molecular formula is C21H21N5O4. The van der Waals surface area contributed by atoms with Crippen LogP contribution in [0.15, 0.2) is 42.6 Å². The van der Waals surface area contributed by atoms with Gasteiger partial charge < -0.3 is 15.2 Å². The van der Waals surface area contributed by atoms with Crippen molar-refractivity contribution >= 4 is 23.3 Å². The number of amides is 2. The summed E-state index contributed by atoms with van der Waals surface area (Å²) < 4.78 is 12.0. The number of carbonyl (C=O) groups excluding carboxylic acids is 2. The van der Waals surface area contributed by atoms with Crippen LogP contribution in [-0.4, -0.2) is 40.8 Å². The lowest BCUT2D eigenvalue weighted by molar-refractivity contribution is -0.121. The summed E-state index contributed by atoms with van der Waals surface area (Å²) in [5.41, 5.74) is 7.84. The number of benzene rings is 1. The molecule has 4 rings (SSSR count). The van der Waals surface area contributed by atoms with Crippen LogP contribution >= 0.6 is 0 Å². The van der Waals surface area contributed by atoms with Crippen molar-refractivity contribution in [2.45, 2.75) is 19.3 Å². The van der Waals surface area contributed by atoms with Crippen LogP contribution in [0.2, 0.25) is 0 Å². The van der Waals surface area contributed by atoms with Gasteiger partial charge in [0.25, 0.3) is 0 Å². The van der Waals surface area contributed by atoms with Crippen molar-refractivity contribution in [3.63, 3.8) is 0 Å². The molecule has 1 aromatic carbocycles. The van der Waals surface area contributed by atoms with Crippen LogP contribution in [0.4, 0.5) is 11.5 Å². The minimum absolute atomic E-state index is 0.00267. The van der Waals surface area contributed by atoms with Crippen LogP contribution in [0, 0.1) is 6.92 Å². The Balaban J connectivity index is 1.73. The summed E-state index contributed by atoms with van der Waals surface area (Å²) in [7, 11) is 3.01. The molecule has 0 saturated carbocycles. The van der Waals surface area contributed by atoms with E-state index in [2.05, 4.69) is 10.1 Å². The van der Waals surface area contributed by atoms with Gasteiger partial charge in [0.05, 0.1) is 31.5 Å². The molecule has 30 heavy (non-hydrogen) atoms. The Morgan fingerprint density at radius 1 is 1.10 bits per heavy atom. The summed E-state index contributed by atoms with van der Waals surface area (Å²) in [6, 6.07) is 10.3. The number of pyridine rings is 1. The lowest BCUT2D eigenvalue weighted by Gasteiger charge is -2.17. The van der Waals surface area contributed by atoms with E-state index in [0.29, 0.717) is 40.1 Å². The molecule has 3 aromatic rings. The first kappa shape index (κ1) is 19.4. The summed E-state index contributed by atoms with van der Waals surface area (Å²) in [4.78, 5) is 31.5. The number of imide groups is 1. The maximum Gasteiger partial charge on any atom is 0.242 e. The molecule has 0 aliphatic carbocycles. The number of nitrogens with zero attached hydrogens (tertiary/aromatic N) is 4. The van der Waals surface area contributed by atoms with Crippen LogP contribution in [0.1, 0.15) is 23.6 Å². The van der Waals surface area contributed by atoms with Crippen LogP contribution in [0.5, 0.6) is 11.5 Å². The minimum atomic E-state index is -0.729. The fourth-order valence-electron chi connectivity index (χ4n) is 3.69. The Labute approximate surface area is 173 Å². The van der Waals surface area contributed by atoms with Gasteiger partial charge in [0, 0.05) is 36.4 Å². The number of nitrogens with two attached hydrogens (primary N) is 1. The van der Waals surface area contributed by atoms with Crippen LogP contribution < -0.4 is 20.1 Å². The molecule has 0 bridgehead atoms. The molecule has 2 amide bonds. The number of aromatic nitrogens is 3. The van der Waals surface area contributed by atoms with Gasteiger partial charge in [-0.1, -0.05) is 6.07 Å². The van der Waals surface area contributed by atoms with Crippen molar-refractivity contribution in [3.8, 4) is 17.3 Å². The minimum Gasteiger partial charge on any atom is -0.497 e. The Hall–Kier alpha value is -3.88. The highest BCUT2D eigenvalue weighted by Gasteiger charge is 2.43.